The second kappa shape index (κ2) is 4.51. The predicted octanol–water partition coefficient (Wildman–Crippen LogP) is 0.764. The van der Waals surface area contributed by atoms with Crippen LogP contribution in [0.5, 0.6) is 0 Å². The number of hydrogen-bond acceptors (Lipinski definition) is 4. The summed E-state index contributed by atoms with van der Waals surface area (Å²) < 4.78 is 4.90. The third-order valence-electron chi connectivity index (χ3n) is 2.48. The summed E-state index contributed by atoms with van der Waals surface area (Å²) in [5, 5.41) is 12.4. The Morgan fingerprint density at radius 3 is 3.06 bits per heavy atom. The number of benzene rings is 1. The highest BCUT2D eigenvalue weighted by Gasteiger charge is 2.10. The highest BCUT2D eigenvalue weighted by atomic mass is 16.4. The third kappa shape index (κ3) is 2.00. The first-order chi connectivity index (χ1) is 7.74. The van der Waals surface area contributed by atoms with E-state index in [9.17, 15) is 9.90 Å². The van der Waals surface area contributed by atoms with Crippen LogP contribution in [0.2, 0.25) is 0 Å². The molecule has 1 heterocycles. The number of aromatic amines is 1. The summed E-state index contributed by atoms with van der Waals surface area (Å²) in [6.07, 6.45) is 0. The summed E-state index contributed by atoms with van der Waals surface area (Å²) in [6, 6.07) is 5.25. The van der Waals surface area contributed by atoms with Gasteiger partial charge in [-0.3, -0.25) is 4.98 Å². The normalized spacial score (nSPS) is 13.1. The minimum atomic E-state index is -0.462. The number of rotatable bonds is 4. The Hall–Kier alpha value is -1.59. The molecule has 0 amide bonds. The van der Waals surface area contributed by atoms with E-state index in [0.717, 1.165) is 12.1 Å². The van der Waals surface area contributed by atoms with Gasteiger partial charge in [0.2, 0.25) is 0 Å². The van der Waals surface area contributed by atoms with Gasteiger partial charge in [0.1, 0.15) is 0 Å². The van der Waals surface area contributed by atoms with Crippen LogP contribution in [0.25, 0.3) is 11.1 Å². The molecule has 0 saturated carbocycles. The average Bonchev–Trinajstić information content (AvgIpc) is 2.64. The van der Waals surface area contributed by atoms with E-state index in [4.69, 9.17) is 4.42 Å². The summed E-state index contributed by atoms with van der Waals surface area (Å²) in [5.41, 5.74) is 2.11. The van der Waals surface area contributed by atoms with Crippen LogP contribution >= 0.6 is 0 Å². The summed E-state index contributed by atoms with van der Waals surface area (Å²) in [7, 11) is 0. The van der Waals surface area contributed by atoms with Gasteiger partial charge in [-0.05, 0) is 24.2 Å². The number of hydrogen-bond donors (Lipinski definition) is 3. The monoisotopic (exact) mass is 222 g/mol. The van der Waals surface area contributed by atoms with Crippen molar-refractivity contribution in [3.63, 3.8) is 0 Å². The number of aliphatic hydroxyl groups excluding tert-OH is 1. The Kier molecular flexibility index (Phi) is 3.07. The van der Waals surface area contributed by atoms with Crippen molar-refractivity contribution >= 4 is 11.1 Å². The average molecular weight is 222 g/mol. The zero-order valence-corrected chi connectivity index (χ0v) is 8.99. The largest absolute Gasteiger partial charge is 0.417 e. The molecule has 0 bridgehead atoms. The molecule has 1 aromatic heterocycles. The van der Waals surface area contributed by atoms with Gasteiger partial charge in [0.05, 0.1) is 18.2 Å². The Balaban J connectivity index is 2.40. The van der Waals surface area contributed by atoms with Gasteiger partial charge in [0.25, 0.3) is 0 Å². The van der Waals surface area contributed by atoms with E-state index >= 15 is 0 Å². The van der Waals surface area contributed by atoms with Gasteiger partial charge in [0.15, 0.2) is 5.58 Å². The van der Waals surface area contributed by atoms with E-state index in [1.54, 1.807) is 6.07 Å². The number of likely N-dealkylation sites (N-methyl/N-ethyl adjacent to an activating group) is 1. The lowest BCUT2D eigenvalue weighted by atomic mass is 10.1. The number of H-pyrrole nitrogens is 1. The van der Waals surface area contributed by atoms with Crippen molar-refractivity contribution in [1.82, 2.24) is 10.3 Å². The molecular weight excluding hydrogens is 208 g/mol. The zero-order valence-electron chi connectivity index (χ0n) is 8.99. The van der Waals surface area contributed by atoms with Crippen LogP contribution in [0, 0.1) is 0 Å². The van der Waals surface area contributed by atoms with Crippen molar-refractivity contribution in [3.8, 4) is 0 Å². The van der Waals surface area contributed by atoms with Crippen molar-refractivity contribution in [2.75, 3.05) is 13.2 Å². The van der Waals surface area contributed by atoms with Crippen molar-refractivity contribution in [1.29, 1.82) is 0 Å². The Morgan fingerprint density at radius 1 is 1.56 bits per heavy atom. The molecule has 0 aliphatic rings. The maximum Gasteiger partial charge on any atom is 0.417 e. The Morgan fingerprint density at radius 2 is 2.38 bits per heavy atom. The van der Waals surface area contributed by atoms with Crippen LogP contribution < -0.4 is 11.1 Å². The van der Waals surface area contributed by atoms with E-state index in [1.165, 1.54) is 0 Å². The van der Waals surface area contributed by atoms with Gasteiger partial charge in [-0.2, -0.15) is 0 Å². The third-order valence-corrected chi connectivity index (χ3v) is 2.48. The molecule has 0 fully saturated rings. The topological polar surface area (TPSA) is 78.3 Å². The molecule has 3 N–H and O–H groups in total. The molecule has 0 aliphatic heterocycles. The van der Waals surface area contributed by atoms with Crippen LogP contribution in [-0.2, 0) is 0 Å². The van der Waals surface area contributed by atoms with Gasteiger partial charge in [-0.15, -0.1) is 0 Å². The van der Waals surface area contributed by atoms with E-state index in [1.807, 2.05) is 19.1 Å². The molecule has 0 radical (unpaired) electrons. The number of aliphatic hydroxyl groups is 1. The molecule has 1 aromatic carbocycles. The van der Waals surface area contributed by atoms with Crippen LogP contribution in [0.4, 0.5) is 0 Å². The van der Waals surface area contributed by atoms with E-state index in [-0.39, 0.29) is 12.6 Å². The first-order valence-corrected chi connectivity index (χ1v) is 5.21. The maximum absolute atomic E-state index is 11.0. The molecule has 0 aliphatic carbocycles. The fourth-order valence-electron chi connectivity index (χ4n) is 1.72. The SMILES string of the molecule is CCNC(CO)c1ccc2oc(=O)[nH]c2c1. The number of aromatic nitrogens is 1. The Bertz CT molecular complexity index is 529. The van der Waals surface area contributed by atoms with Gasteiger partial charge >= 0.3 is 5.76 Å². The Labute approximate surface area is 92.1 Å². The molecule has 5 nitrogen and oxygen atoms in total. The highest BCUT2D eigenvalue weighted by Crippen LogP contribution is 2.17. The van der Waals surface area contributed by atoms with E-state index in [2.05, 4.69) is 10.3 Å². The van der Waals surface area contributed by atoms with Crippen LogP contribution in [0.15, 0.2) is 27.4 Å². The molecule has 0 saturated heterocycles. The quantitative estimate of drug-likeness (QED) is 0.713. The van der Waals surface area contributed by atoms with Crippen LogP contribution in [0.3, 0.4) is 0 Å². The summed E-state index contributed by atoms with van der Waals surface area (Å²) in [5.74, 6) is -0.462. The van der Waals surface area contributed by atoms with E-state index < -0.39 is 5.76 Å². The molecule has 5 heteroatoms. The summed E-state index contributed by atoms with van der Waals surface area (Å²) in [6.45, 7) is 2.76. The summed E-state index contributed by atoms with van der Waals surface area (Å²) in [4.78, 5) is 13.6. The minimum absolute atomic E-state index is 0.0153. The second-order valence-corrected chi connectivity index (χ2v) is 3.56. The first-order valence-electron chi connectivity index (χ1n) is 5.21. The molecule has 2 rings (SSSR count). The lowest BCUT2D eigenvalue weighted by molar-refractivity contribution is 0.246. The molecule has 86 valence electrons. The molecule has 1 atom stereocenters. The molecule has 0 spiro atoms. The fraction of sp³-hybridized carbons (Fsp3) is 0.364. The molecular formula is C11H14N2O3. The number of nitrogens with one attached hydrogen (secondary N) is 2. The van der Waals surface area contributed by atoms with Gasteiger partial charge in [0, 0.05) is 0 Å². The van der Waals surface area contributed by atoms with E-state index in [0.29, 0.717) is 11.1 Å². The lowest BCUT2D eigenvalue weighted by Gasteiger charge is -2.14. The summed E-state index contributed by atoms with van der Waals surface area (Å²) >= 11 is 0. The first kappa shape index (κ1) is 10.9. The highest BCUT2D eigenvalue weighted by molar-refractivity contribution is 5.72. The van der Waals surface area contributed by atoms with Crippen LogP contribution in [0.1, 0.15) is 18.5 Å². The fourth-order valence-corrected chi connectivity index (χ4v) is 1.72. The van der Waals surface area contributed by atoms with Crippen molar-refractivity contribution in [2.24, 2.45) is 0 Å². The van der Waals surface area contributed by atoms with Crippen LogP contribution in [-0.4, -0.2) is 23.2 Å². The standard InChI is InChI=1S/C11H14N2O3/c1-2-12-9(6-14)7-3-4-10-8(5-7)13-11(15)16-10/h3-5,9,12,14H,2,6H2,1H3,(H,13,15). The minimum Gasteiger partial charge on any atom is -0.408 e. The zero-order chi connectivity index (χ0) is 11.5. The predicted molar refractivity (Wildman–Crippen MR) is 60.3 cm³/mol. The van der Waals surface area contributed by atoms with Gasteiger partial charge in [-0.1, -0.05) is 13.0 Å². The molecule has 16 heavy (non-hydrogen) atoms. The lowest BCUT2D eigenvalue weighted by Crippen LogP contribution is -2.23. The van der Waals surface area contributed by atoms with Gasteiger partial charge < -0.3 is 14.8 Å². The second-order valence-electron chi connectivity index (χ2n) is 3.56. The maximum atomic E-state index is 11.0. The van der Waals surface area contributed by atoms with Crippen molar-refractivity contribution < 1.29 is 9.52 Å². The van der Waals surface area contributed by atoms with Crippen molar-refractivity contribution in [3.05, 3.63) is 34.3 Å². The molecule has 1 unspecified atom stereocenters. The van der Waals surface area contributed by atoms with Gasteiger partial charge in [-0.25, -0.2) is 4.79 Å². The smallest absolute Gasteiger partial charge is 0.408 e. The molecule has 2 aromatic rings. The van der Waals surface area contributed by atoms with Crippen molar-refractivity contribution in [2.45, 2.75) is 13.0 Å². The number of oxazole rings is 1. The number of fused-ring (bicyclic) bond motifs is 1.